The third-order valence-corrected chi connectivity index (χ3v) is 2.84. The van der Waals surface area contributed by atoms with Crippen LogP contribution in [0.3, 0.4) is 0 Å². The van der Waals surface area contributed by atoms with Crippen molar-refractivity contribution in [3.05, 3.63) is 65.5 Å². The maximum Gasteiger partial charge on any atom is 0.407 e. The summed E-state index contributed by atoms with van der Waals surface area (Å²) in [5.74, 6) is 5.84. The maximum absolute atomic E-state index is 11.5. The second-order valence-corrected chi connectivity index (χ2v) is 4.58. The molecule has 1 aromatic heterocycles. The van der Waals surface area contributed by atoms with E-state index in [9.17, 15) is 4.79 Å². The predicted molar refractivity (Wildman–Crippen MR) is 85.1 cm³/mol. The molecule has 0 aliphatic heterocycles. The average Bonchev–Trinajstić information content (AvgIpc) is 2.61. The molecule has 0 aliphatic carbocycles. The third kappa shape index (κ3) is 5.91. The number of nitrogens with zero attached hydrogens (tertiary/aromatic N) is 2. The number of nitriles is 1. The van der Waals surface area contributed by atoms with Crippen LogP contribution in [0.2, 0.25) is 0 Å². The van der Waals surface area contributed by atoms with E-state index in [1.54, 1.807) is 18.3 Å². The van der Waals surface area contributed by atoms with Crippen molar-refractivity contribution in [2.45, 2.75) is 13.0 Å². The minimum absolute atomic E-state index is 0.242. The first-order valence-corrected chi connectivity index (χ1v) is 7.07. The number of carbonyl (C=O) groups is 1. The Balaban J connectivity index is 1.68. The monoisotopic (exact) mass is 305 g/mol. The van der Waals surface area contributed by atoms with E-state index in [2.05, 4.69) is 22.1 Å². The molecule has 0 spiro atoms. The zero-order chi connectivity index (χ0) is 16.3. The summed E-state index contributed by atoms with van der Waals surface area (Å²) in [6.45, 7) is 0.642. The van der Waals surface area contributed by atoms with E-state index in [1.807, 2.05) is 36.4 Å². The molecule has 0 bridgehead atoms. The van der Waals surface area contributed by atoms with E-state index >= 15 is 0 Å². The molecular formula is C18H15N3O2. The molecule has 2 rings (SSSR count). The molecule has 0 atom stereocenters. The molecule has 114 valence electrons. The summed E-state index contributed by atoms with van der Waals surface area (Å²) in [6, 6.07) is 14.8. The van der Waals surface area contributed by atoms with Crippen LogP contribution in [0, 0.1) is 23.2 Å². The molecule has 5 nitrogen and oxygen atoms in total. The Hall–Kier alpha value is -3.31. The lowest BCUT2D eigenvalue weighted by atomic mass is 10.2. The number of amides is 1. The Labute approximate surface area is 134 Å². The van der Waals surface area contributed by atoms with Crippen LogP contribution in [0.5, 0.6) is 0 Å². The molecular weight excluding hydrogens is 290 g/mol. The summed E-state index contributed by atoms with van der Waals surface area (Å²) < 4.78 is 5.08. The molecule has 0 radical (unpaired) electrons. The number of aromatic nitrogens is 1. The molecule has 1 amide bonds. The zero-order valence-electron chi connectivity index (χ0n) is 12.5. The van der Waals surface area contributed by atoms with Gasteiger partial charge in [-0.05, 0) is 17.7 Å². The lowest BCUT2D eigenvalue weighted by Crippen LogP contribution is -2.24. The number of hydrogen-bond donors (Lipinski definition) is 1. The Bertz CT molecular complexity index is 755. The lowest BCUT2D eigenvalue weighted by molar-refractivity contribution is 0.140. The molecule has 0 unspecified atom stereocenters. The number of nitrogens with one attached hydrogen (secondary N) is 1. The molecule has 5 heteroatoms. The molecule has 0 aliphatic rings. The fourth-order valence-electron chi connectivity index (χ4n) is 1.74. The van der Waals surface area contributed by atoms with Gasteiger partial charge in [0.1, 0.15) is 18.4 Å². The second-order valence-electron chi connectivity index (χ2n) is 4.58. The predicted octanol–water partition coefficient (Wildman–Crippen LogP) is 2.62. The van der Waals surface area contributed by atoms with Gasteiger partial charge < -0.3 is 10.1 Å². The average molecular weight is 305 g/mol. The first-order chi connectivity index (χ1) is 11.3. The van der Waals surface area contributed by atoms with Crippen molar-refractivity contribution >= 4 is 6.09 Å². The number of pyridine rings is 1. The Morgan fingerprint density at radius 2 is 2.09 bits per heavy atom. The van der Waals surface area contributed by atoms with Crippen molar-refractivity contribution in [2.75, 3.05) is 6.54 Å². The van der Waals surface area contributed by atoms with Crippen LogP contribution in [0.25, 0.3) is 0 Å². The van der Waals surface area contributed by atoms with Gasteiger partial charge in [-0.15, -0.1) is 0 Å². The van der Waals surface area contributed by atoms with Gasteiger partial charge in [0.05, 0.1) is 0 Å². The van der Waals surface area contributed by atoms with E-state index in [0.29, 0.717) is 18.7 Å². The summed E-state index contributed by atoms with van der Waals surface area (Å²) in [6.07, 6.45) is 1.57. The normalized spacial score (nSPS) is 9.17. The van der Waals surface area contributed by atoms with Crippen molar-refractivity contribution in [1.82, 2.24) is 10.3 Å². The summed E-state index contributed by atoms with van der Waals surface area (Å²) >= 11 is 0. The van der Waals surface area contributed by atoms with Gasteiger partial charge in [-0.25, -0.2) is 9.78 Å². The SMILES string of the molecule is N#Cc1cc(C#CCCNC(=O)OCc2ccccc2)ccn1. The van der Waals surface area contributed by atoms with E-state index < -0.39 is 6.09 Å². The summed E-state index contributed by atoms with van der Waals surface area (Å²) in [4.78, 5) is 15.4. The van der Waals surface area contributed by atoms with Gasteiger partial charge in [0, 0.05) is 24.7 Å². The fraction of sp³-hybridized carbons (Fsp3) is 0.167. The van der Waals surface area contributed by atoms with Crippen LogP contribution in [-0.4, -0.2) is 17.6 Å². The molecule has 0 saturated carbocycles. The van der Waals surface area contributed by atoms with Crippen molar-refractivity contribution in [3.8, 4) is 17.9 Å². The van der Waals surface area contributed by atoms with Gasteiger partial charge in [-0.1, -0.05) is 42.2 Å². The van der Waals surface area contributed by atoms with Crippen molar-refractivity contribution in [1.29, 1.82) is 5.26 Å². The summed E-state index contributed by atoms with van der Waals surface area (Å²) in [5, 5.41) is 11.4. The van der Waals surface area contributed by atoms with E-state index in [0.717, 1.165) is 11.1 Å². The fourth-order valence-corrected chi connectivity index (χ4v) is 1.74. The topological polar surface area (TPSA) is 75.0 Å². The van der Waals surface area contributed by atoms with Crippen LogP contribution in [0.15, 0.2) is 48.7 Å². The highest BCUT2D eigenvalue weighted by molar-refractivity contribution is 5.67. The molecule has 23 heavy (non-hydrogen) atoms. The first kappa shape index (κ1) is 16.1. The number of rotatable bonds is 4. The van der Waals surface area contributed by atoms with E-state index in [-0.39, 0.29) is 6.61 Å². The molecule has 0 fully saturated rings. The highest BCUT2D eigenvalue weighted by Crippen LogP contribution is 2.00. The Morgan fingerprint density at radius 3 is 2.87 bits per heavy atom. The Kier molecular flexibility index (Phi) is 6.19. The van der Waals surface area contributed by atoms with Gasteiger partial charge in [0.25, 0.3) is 0 Å². The van der Waals surface area contributed by atoms with Gasteiger partial charge in [0.15, 0.2) is 0 Å². The first-order valence-electron chi connectivity index (χ1n) is 7.07. The van der Waals surface area contributed by atoms with Gasteiger partial charge >= 0.3 is 6.09 Å². The quantitative estimate of drug-likeness (QED) is 0.696. The summed E-state index contributed by atoms with van der Waals surface area (Å²) in [7, 11) is 0. The van der Waals surface area contributed by atoms with Crippen molar-refractivity contribution in [2.24, 2.45) is 0 Å². The number of carbonyl (C=O) groups excluding carboxylic acids is 1. The van der Waals surface area contributed by atoms with Crippen molar-refractivity contribution in [3.63, 3.8) is 0 Å². The van der Waals surface area contributed by atoms with Crippen LogP contribution in [0.1, 0.15) is 23.2 Å². The largest absolute Gasteiger partial charge is 0.445 e. The minimum Gasteiger partial charge on any atom is -0.445 e. The number of benzene rings is 1. The highest BCUT2D eigenvalue weighted by atomic mass is 16.5. The third-order valence-electron chi connectivity index (χ3n) is 2.84. The zero-order valence-corrected chi connectivity index (χ0v) is 12.5. The van der Waals surface area contributed by atoms with Gasteiger partial charge in [-0.3, -0.25) is 0 Å². The van der Waals surface area contributed by atoms with Gasteiger partial charge in [0.2, 0.25) is 0 Å². The molecule has 0 saturated heterocycles. The van der Waals surface area contributed by atoms with Crippen LogP contribution < -0.4 is 5.32 Å². The second kappa shape index (κ2) is 8.86. The van der Waals surface area contributed by atoms with E-state index in [1.165, 1.54) is 0 Å². The van der Waals surface area contributed by atoms with Crippen molar-refractivity contribution < 1.29 is 9.53 Å². The highest BCUT2D eigenvalue weighted by Gasteiger charge is 2.00. The van der Waals surface area contributed by atoms with Crippen LogP contribution in [-0.2, 0) is 11.3 Å². The number of hydrogen-bond acceptors (Lipinski definition) is 4. The van der Waals surface area contributed by atoms with Gasteiger partial charge in [-0.2, -0.15) is 5.26 Å². The maximum atomic E-state index is 11.5. The minimum atomic E-state index is -0.466. The number of ether oxygens (including phenoxy) is 1. The molecule has 1 aromatic carbocycles. The molecule has 2 aromatic rings. The summed E-state index contributed by atoms with van der Waals surface area (Å²) in [5.41, 5.74) is 2.00. The smallest absolute Gasteiger partial charge is 0.407 e. The molecule has 1 heterocycles. The van der Waals surface area contributed by atoms with E-state index in [4.69, 9.17) is 10.00 Å². The van der Waals surface area contributed by atoms with Crippen LogP contribution >= 0.6 is 0 Å². The number of alkyl carbamates (subject to hydrolysis) is 1. The Morgan fingerprint density at radius 1 is 1.26 bits per heavy atom. The standard InChI is InChI=1S/C18H15N3O2/c19-13-17-12-15(9-11-20-17)6-4-5-10-21-18(22)23-14-16-7-2-1-3-8-16/h1-3,7-9,11-12H,5,10,14H2,(H,21,22). The van der Waals surface area contributed by atoms with Crippen LogP contribution in [0.4, 0.5) is 4.79 Å². The lowest BCUT2D eigenvalue weighted by Gasteiger charge is -2.05. The molecule has 1 N–H and O–H groups in total.